The van der Waals surface area contributed by atoms with Gasteiger partial charge in [-0.15, -0.1) is 0 Å². The minimum atomic E-state index is -0.279. The van der Waals surface area contributed by atoms with Crippen molar-refractivity contribution in [1.82, 2.24) is 15.0 Å². The average molecular weight is 385 g/mol. The molecule has 4 nitrogen and oxygen atoms in total. The highest BCUT2D eigenvalue weighted by molar-refractivity contribution is 5.67. The maximum atomic E-state index is 14.1. The number of methoxy groups -OCH3 is 1. The molecule has 144 valence electrons. The van der Waals surface area contributed by atoms with Crippen molar-refractivity contribution >= 4 is 0 Å². The van der Waals surface area contributed by atoms with E-state index in [-0.39, 0.29) is 11.7 Å². The molecule has 3 heterocycles. The predicted molar refractivity (Wildman–Crippen MR) is 110 cm³/mol. The van der Waals surface area contributed by atoms with Gasteiger partial charge in [-0.05, 0) is 59.0 Å². The first-order valence-corrected chi connectivity index (χ1v) is 9.33. The number of hydrogen-bond donors (Lipinski definition) is 0. The maximum absolute atomic E-state index is 14.1. The number of nitrogens with zero attached hydrogens (tertiary/aromatic N) is 3. The highest BCUT2D eigenvalue weighted by atomic mass is 19.1. The van der Waals surface area contributed by atoms with Gasteiger partial charge in [0.15, 0.2) is 0 Å². The monoisotopic (exact) mass is 385 g/mol. The van der Waals surface area contributed by atoms with Crippen molar-refractivity contribution in [1.29, 1.82) is 0 Å². The van der Waals surface area contributed by atoms with Crippen molar-refractivity contribution in [3.05, 3.63) is 108 Å². The van der Waals surface area contributed by atoms with Gasteiger partial charge in [0, 0.05) is 48.5 Å². The molecule has 29 heavy (non-hydrogen) atoms. The summed E-state index contributed by atoms with van der Waals surface area (Å²) in [4.78, 5) is 12.8. The fraction of sp³-hybridized carbons (Fsp3) is 0.125. The van der Waals surface area contributed by atoms with Gasteiger partial charge in [0.25, 0.3) is 0 Å². The van der Waals surface area contributed by atoms with Gasteiger partial charge in [0.2, 0.25) is 5.88 Å². The molecule has 0 N–H and O–H groups in total. The Bertz CT molecular complexity index is 1030. The molecule has 0 fully saturated rings. The zero-order valence-corrected chi connectivity index (χ0v) is 16.0. The van der Waals surface area contributed by atoms with Crippen LogP contribution in [0.1, 0.15) is 22.6 Å². The molecule has 1 aromatic carbocycles. The number of pyridine rings is 3. The normalized spacial score (nSPS) is 10.9. The Hall–Kier alpha value is -3.60. The second-order valence-corrected chi connectivity index (χ2v) is 6.72. The van der Waals surface area contributed by atoms with E-state index in [2.05, 4.69) is 27.1 Å². The lowest BCUT2D eigenvalue weighted by atomic mass is 9.85. The van der Waals surface area contributed by atoms with Gasteiger partial charge in [0.05, 0.1) is 7.11 Å². The van der Waals surface area contributed by atoms with E-state index >= 15 is 0 Å². The van der Waals surface area contributed by atoms with Gasteiger partial charge >= 0.3 is 0 Å². The summed E-state index contributed by atoms with van der Waals surface area (Å²) < 4.78 is 19.2. The van der Waals surface area contributed by atoms with Crippen molar-refractivity contribution in [3.8, 4) is 17.0 Å². The zero-order valence-electron chi connectivity index (χ0n) is 16.0. The van der Waals surface area contributed by atoms with Crippen molar-refractivity contribution in [2.45, 2.75) is 12.3 Å². The number of benzene rings is 1. The first-order valence-electron chi connectivity index (χ1n) is 9.33. The van der Waals surface area contributed by atoms with E-state index in [4.69, 9.17) is 4.74 Å². The van der Waals surface area contributed by atoms with Crippen molar-refractivity contribution < 1.29 is 9.13 Å². The third-order valence-corrected chi connectivity index (χ3v) is 4.93. The summed E-state index contributed by atoms with van der Waals surface area (Å²) in [6.45, 7) is 0. The molecule has 0 saturated carbocycles. The molecule has 0 bridgehead atoms. The van der Waals surface area contributed by atoms with Gasteiger partial charge in [-0.2, -0.15) is 0 Å². The second-order valence-electron chi connectivity index (χ2n) is 6.72. The van der Waals surface area contributed by atoms with E-state index in [1.807, 2.05) is 36.7 Å². The predicted octanol–water partition coefficient (Wildman–Crippen LogP) is 5.06. The first-order chi connectivity index (χ1) is 14.2. The lowest BCUT2D eigenvalue weighted by Crippen LogP contribution is -2.07. The van der Waals surface area contributed by atoms with Gasteiger partial charge in [0.1, 0.15) is 5.82 Å². The smallest absolute Gasteiger partial charge is 0.212 e. The van der Waals surface area contributed by atoms with Crippen LogP contribution in [-0.2, 0) is 6.42 Å². The molecule has 0 radical (unpaired) electrons. The van der Waals surface area contributed by atoms with Gasteiger partial charge in [-0.1, -0.05) is 18.2 Å². The third-order valence-electron chi connectivity index (χ3n) is 4.93. The van der Waals surface area contributed by atoms with Crippen LogP contribution in [0.5, 0.6) is 5.88 Å². The molecule has 3 aromatic heterocycles. The van der Waals surface area contributed by atoms with Crippen molar-refractivity contribution in [2.75, 3.05) is 7.11 Å². The van der Waals surface area contributed by atoms with Crippen molar-refractivity contribution in [3.63, 3.8) is 0 Å². The zero-order chi connectivity index (χ0) is 20.1. The minimum absolute atomic E-state index is 0.0489. The number of ether oxygens (including phenoxy) is 1. The lowest BCUT2D eigenvalue weighted by Gasteiger charge is -2.20. The molecule has 5 heteroatoms. The van der Waals surface area contributed by atoms with Crippen LogP contribution in [0.15, 0.2) is 85.6 Å². The van der Waals surface area contributed by atoms with Crippen LogP contribution >= 0.6 is 0 Å². The van der Waals surface area contributed by atoms with Crippen LogP contribution in [0.2, 0.25) is 0 Å². The average Bonchev–Trinajstić information content (AvgIpc) is 2.79. The molecule has 0 aliphatic rings. The highest BCUT2D eigenvalue weighted by Crippen LogP contribution is 2.33. The number of rotatable bonds is 6. The first kappa shape index (κ1) is 18.7. The van der Waals surface area contributed by atoms with E-state index < -0.39 is 0 Å². The summed E-state index contributed by atoms with van der Waals surface area (Å²) in [5.74, 6) is 0.294. The molecule has 0 aliphatic heterocycles. The molecular formula is C24H20FN3O. The Morgan fingerprint density at radius 1 is 0.897 bits per heavy atom. The summed E-state index contributed by atoms with van der Waals surface area (Å²) in [6, 6.07) is 16.5. The fourth-order valence-corrected chi connectivity index (χ4v) is 3.47. The van der Waals surface area contributed by atoms with Crippen LogP contribution < -0.4 is 4.74 Å². The molecule has 0 saturated heterocycles. The van der Waals surface area contributed by atoms with E-state index in [9.17, 15) is 4.39 Å². The third kappa shape index (κ3) is 4.29. The van der Waals surface area contributed by atoms with Gasteiger partial charge < -0.3 is 4.74 Å². The van der Waals surface area contributed by atoms with Crippen LogP contribution in [0, 0.1) is 5.82 Å². The molecule has 0 atom stereocenters. The van der Waals surface area contributed by atoms with Crippen molar-refractivity contribution in [2.24, 2.45) is 0 Å². The molecule has 4 aromatic rings. The molecule has 0 aliphatic carbocycles. The summed E-state index contributed by atoms with van der Waals surface area (Å²) in [7, 11) is 1.57. The Morgan fingerprint density at radius 3 is 2.17 bits per heavy atom. The highest BCUT2D eigenvalue weighted by Gasteiger charge is 2.18. The van der Waals surface area contributed by atoms with Crippen LogP contribution in [0.25, 0.3) is 11.1 Å². The topological polar surface area (TPSA) is 47.9 Å². The Morgan fingerprint density at radius 2 is 1.62 bits per heavy atom. The van der Waals surface area contributed by atoms with Gasteiger partial charge in [-0.25, -0.2) is 9.37 Å². The summed E-state index contributed by atoms with van der Waals surface area (Å²) in [5.41, 5.74) is 4.86. The quantitative estimate of drug-likeness (QED) is 0.465. The Balaban J connectivity index is 1.76. The van der Waals surface area contributed by atoms with E-state index in [1.54, 1.807) is 37.8 Å². The lowest BCUT2D eigenvalue weighted by molar-refractivity contribution is 0.398. The van der Waals surface area contributed by atoms with Gasteiger partial charge in [-0.3, -0.25) is 9.97 Å². The standard InChI is InChI=1S/C24H20FN3O/c1-29-24-9-7-20(16-28-24)23-13-21(25)8-6-17(23)12-22(18-4-2-10-26-14-18)19-5-3-11-27-15-19/h2-11,13-16,22H,12H2,1H3. The molecule has 0 amide bonds. The van der Waals surface area contributed by atoms with E-state index in [1.165, 1.54) is 6.07 Å². The van der Waals surface area contributed by atoms with Crippen LogP contribution in [0.3, 0.4) is 0 Å². The maximum Gasteiger partial charge on any atom is 0.212 e. The largest absolute Gasteiger partial charge is 0.481 e. The summed E-state index contributed by atoms with van der Waals surface area (Å²) in [5, 5.41) is 0. The van der Waals surface area contributed by atoms with E-state index in [0.717, 1.165) is 27.8 Å². The Labute approximate surface area is 169 Å². The number of aromatic nitrogens is 3. The molecule has 0 unspecified atom stereocenters. The Kier molecular flexibility index (Phi) is 5.56. The molecule has 0 spiro atoms. The summed E-state index contributed by atoms with van der Waals surface area (Å²) >= 11 is 0. The van der Waals surface area contributed by atoms with E-state index in [0.29, 0.717) is 12.3 Å². The molecule has 4 rings (SSSR count). The minimum Gasteiger partial charge on any atom is -0.481 e. The van der Waals surface area contributed by atoms with Crippen LogP contribution in [-0.4, -0.2) is 22.1 Å². The van der Waals surface area contributed by atoms with Crippen LogP contribution in [0.4, 0.5) is 4.39 Å². The summed E-state index contributed by atoms with van der Waals surface area (Å²) in [6.07, 6.45) is 9.65. The SMILES string of the molecule is COc1ccc(-c2cc(F)ccc2CC(c2cccnc2)c2cccnc2)cn1. The molecular weight excluding hydrogens is 365 g/mol. The fourth-order valence-electron chi connectivity index (χ4n) is 3.47. The second kappa shape index (κ2) is 8.61. The number of hydrogen-bond acceptors (Lipinski definition) is 4. The number of halogens is 1.